The van der Waals surface area contributed by atoms with E-state index < -0.39 is 39.2 Å². The normalized spacial score (nSPS) is 25.8. The van der Waals surface area contributed by atoms with E-state index in [9.17, 15) is 24.9 Å². The molecule has 38 heavy (non-hydrogen) atoms. The Balaban J connectivity index is 1.65. The highest BCUT2D eigenvalue weighted by Gasteiger charge is 2.66. The van der Waals surface area contributed by atoms with E-state index in [2.05, 4.69) is 4.98 Å². The summed E-state index contributed by atoms with van der Waals surface area (Å²) in [6, 6.07) is 29.3. The highest BCUT2D eigenvalue weighted by Crippen LogP contribution is 2.57. The Kier molecular flexibility index (Phi) is 7.40. The smallest absolute Gasteiger partial charge is 0.329 e. The van der Waals surface area contributed by atoms with E-state index in [4.69, 9.17) is 0 Å². The van der Waals surface area contributed by atoms with Gasteiger partial charge in [0.25, 0.3) is 5.56 Å². The van der Waals surface area contributed by atoms with Crippen LogP contribution in [0.5, 0.6) is 0 Å². The Morgan fingerprint density at radius 2 is 1.26 bits per heavy atom. The lowest BCUT2D eigenvalue weighted by Crippen LogP contribution is -2.63. The van der Waals surface area contributed by atoms with Gasteiger partial charge in [-0.1, -0.05) is 91.0 Å². The summed E-state index contributed by atoms with van der Waals surface area (Å²) in [5.41, 5.74) is -2.54. The number of aliphatic hydroxyl groups is 3. The second-order valence-corrected chi connectivity index (χ2v) is 11.1. The monoisotopic (exact) mass is 530 g/mol. The number of thioether (sulfide) groups is 1. The first kappa shape index (κ1) is 26.2. The van der Waals surface area contributed by atoms with Crippen LogP contribution in [0.1, 0.15) is 22.1 Å². The first-order chi connectivity index (χ1) is 18.3. The van der Waals surface area contributed by atoms with Crippen LogP contribution in [0, 0.1) is 0 Å². The molecule has 0 saturated carbocycles. The molecule has 0 spiro atoms. The molecule has 196 valence electrons. The van der Waals surface area contributed by atoms with E-state index in [1.165, 1.54) is 16.8 Å². The minimum atomic E-state index is -1.89. The summed E-state index contributed by atoms with van der Waals surface area (Å²) >= 11 is 1.15. The number of aromatic amines is 1. The van der Waals surface area contributed by atoms with E-state index in [1.807, 2.05) is 91.0 Å². The molecule has 0 bridgehead atoms. The Morgan fingerprint density at radius 3 is 1.79 bits per heavy atom. The lowest BCUT2D eigenvalue weighted by atomic mass is 9.71. The van der Waals surface area contributed by atoms with Gasteiger partial charge in [-0.2, -0.15) is 0 Å². The molecule has 0 aliphatic carbocycles. The molecule has 4 N–H and O–H groups in total. The number of aliphatic hydroxyl groups excluding tert-OH is 1. The van der Waals surface area contributed by atoms with E-state index in [0.29, 0.717) is 0 Å². The number of hydrogen-bond acceptors (Lipinski definition) is 6. The first-order valence-corrected chi connectivity index (χ1v) is 13.5. The Morgan fingerprint density at radius 1 is 0.763 bits per heavy atom. The summed E-state index contributed by atoms with van der Waals surface area (Å²) in [5.74, 6) is 0. The molecule has 1 fully saturated rings. The van der Waals surface area contributed by atoms with E-state index in [1.54, 1.807) is 0 Å². The van der Waals surface area contributed by atoms with Gasteiger partial charge in [0.15, 0.2) is 0 Å². The van der Waals surface area contributed by atoms with Crippen LogP contribution in [0.2, 0.25) is 0 Å². The molecule has 0 radical (unpaired) electrons. The van der Waals surface area contributed by atoms with Crippen LogP contribution < -0.4 is 11.2 Å². The molecule has 1 aromatic heterocycles. The quantitative estimate of drug-likeness (QED) is 0.279. The maximum atomic E-state index is 12.9. The summed E-state index contributed by atoms with van der Waals surface area (Å²) in [6.07, 6.45) is 0.625. The summed E-state index contributed by atoms with van der Waals surface area (Å²) < 4.78 is 1.25. The van der Waals surface area contributed by atoms with Crippen LogP contribution >= 0.6 is 11.8 Å². The fourth-order valence-electron chi connectivity index (χ4n) is 5.41. The van der Waals surface area contributed by atoms with Gasteiger partial charge in [0.2, 0.25) is 0 Å². The summed E-state index contributed by atoms with van der Waals surface area (Å²) in [6.45, 7) is 0. The highest BCUT2D eigenvalue weighted by molar-refractivity contribution is 8.00. The minimum absolute atomic E-state index is 0.0228. The van der Waals surface area contributed by atoms with Crippen LogP contribution in [-0.4, -0.2) is 47.4 Å². The molecule has 4 aromatic rings. The third-order valence-corrected chi connectivity index (χ3v) is 9.15. The lowest BCUT2D eigenvalue weighted by molar-refractivity contribution is -0.161. The Labute approximate surface area is 224 Å². The van der Waals surface area contributed by atoms with Gasteiger partial charge in [-0.05, 0) is 23.1 Å². The van der Waals surface area contributed by atoms with Crippen molar-refractivity contribution in [2.24, 2.45) is 0 Å². The van der Waals surface area contributed by atoms with Crippen LogP contribution in [0.3, 0.4) is 0 Å². The van der Waals surface area contributed by atoms with Crippen molar-refractivity contribution in [3.05, 3.63) is 141 Å². The van der Waals surface area contributed by atoms with Crippen molar-refractivity contribution in [3.63, 3.8) is 0 Å². The Hall–Kier alpha value is -3.43. The predicted molar refractivity (Wildman–Crippen MR) is 148 cm³/mol. The zero-order chi connectivity index (χ0) is 26.8. The largest absolute Gasteiger partial charge is 0.392 e. The molecular weight excluding hydrogens is 500 g/mol. The SMILES string of the molecule is O=c1ccn([C@H]2S[C@@H](C(O)Cc3ccccc3)[C@@](O)(Cc3ccccc3)[C@]2(O)Cc2ccccc2)c(=O)[nH]1. The molecule has 8 heteroatoms. The van der Waals surface area contributed by atoms with Gasteiger partial charge < -0.3 is 15.3 Å². The highest BCUT2D eigenvalue weighted by atomic mass is 32.2. The van der Waals surface area contributed by atoms with Crippen molar-refractivity contribution in [2.75, 3.05) is 0 Å². The molecule has 7 nitrogen and oxygen atoms in total. The van der Waals surface area contributed by atoms with Crippen molar-refractivity contribution in [1.82, 2.24) is 9.55 Å². The molecule has 2 heterocycles. The van der Waals surface area contributed by atoms with E-state index in [-0.39, 0.29) is 19.3 Å². The Bertz CT molecular complexity index is 1480. The standard InChI is InChI=1S/C30H30N2O5S/c33-24(18-21-10-4-1-5-11-21)26-29(36,19-22-12-6-2-7-13-22)30(37,20-23-14-8-3-9-15-23)27(38-26)32-17-16-25(34)31-28(32)35/h1-17,24,26-27,33,36-37H,18-20H2,(H,31,34,35)/t24?,26-,27-,29-,30-/m0/s1. The molecule has 1 unspecified atom stereocenters. The van der Waals surface area contributed by atoms with Gasteiger partial charge in [-0.15, -0.1) is 11.8 Å². The molecule has 3 aromatic carbocycles. The second kappa shape index (κ2) is 10.7. The van der Waals surface area contributed by atoms with Crippen LogP contribution in [0.25, 0.3) is 0 Å². The number of nitrogens with zero attached hydrogens (tertiary/aromatic N) is 1. The number of hydrogen-bond donors (Lipinski definition) is 4. The number of rotatable bonds is 8. The van der Waals surface area contributed by atoms with Crippen LogP contribution in [0.4, 0.5) is 0 Å². The average molecular weight is 531 g/mol. The summed E-state index contributed by atoms with van der Waals surface area (Å²) in [7, 11) is 0. The third-order valence-electron chi connectivity index (χ3n) is 7.28. The van der Waals surface area contributed by atoms with E-state index >= 15 is 0 Å². The number of nitrogens with one attached hydrogen (secondary N) is 1. The zero-order valence-corrected chi connectivity index (χ0v) is 21.5. The lowest BCUT2D eigenvalue weighted by Gasteiger charge is -2.44. The maximum absolute atomic E-state index is 12.9. The fourth-order valence-corrected chi connectivity index (χ4v) is 7.29. The van der Waals surface area contributed by atoms with Crippen LogP contribution in [0.15, 0.2) is 113 Å². The molecular formula is C30H30N2O5S. The third kappa shape index (κ3) is 5.00. The fraction of sp³-hybridized carbons (Fsp3) is 0.267. The predicted octanol–water partition coefficient (Wildman–Crippen LogP) is 2.70. The van der Waals surface area contributed by atoms with Crippen molar-refractivity contribution in [2.45, 2.75) is 47.2 Å². The molecule has 1 saturated heterocycles. The number of H-pyrrole nitrogens is 1. The van der Waals surface area contributed by atoms with Crippen molar-refractivity contribution < 1.29 is 15.3 Å². The number of aromatic nitrogens is 2. The molecule has 5 atom stereocenters. The molecule has 0 amide bonds. The van der Waals surface area contributed by atoms with Gasteiger partial charge in [-0.25, -0.2) is 4.79 Å². The van der Waals surface area contributed by atoms with Gasteiger partial charge >= 0.3 is 5.69 Å². The van der Waals surface area contributed by atoms with Gasteiger partial charge in [0.1, 0.15) is 16.6 Å². The van der Waals surface area contributed by atoms with Crippen molar-refractivity contribution >= 4 is 11.8 Å². The van der Waals surface area contributed by atoms with Crippen molar-refractivity contribution in [3.8, 4) is 0 Å². The minimum Gasteiger partial charge on any atom is -0.392 e. The van der Waals surface area contributed by atoms with Gasteiger partial charge in [0.05, 0.1) is 11.4 Å². The van der Waals surface area contributed by atoms with E-state index in [0.717, 1.165) is 28.5 Å². The number of benzene rings is 3. The average Bonchev–Trinajstić information content (AvgIpc) is 3.12. The van der Waals surface area contributed by atoms with Crippen LogP contribution in [-0.2, 0) is 19.3 Å². The maximum Gasteiger partial charge on any atom is 0.329 e. The second-order valence-electron chi connectivity index (χ2n) is 9.86. The molecule has 5 rings (SSSR count). The topological polar surface area (TPSA) is 116 Å². The molecule has 1 aliphatic rings. The summed E-state index contributed by atoms with van der Waals surface area (Å²) in [4.78, 5) is 27.0. The summed E-state index contributed by atoms with van der Waals surface area (Å²) in [5, 5.41) is 34.9. The van der Waals surface area contributed by atoms with Gasteiger partial charge in [-0.3, -0.25) is 14.3 Å². The molecule has 1 aliphatic heterocycles. The first-order valence-electron chi connectivity index (χ1n) is 12.5. The van der Waals surface area contributed by atoms with Crippen molar-refractivity contribution in [1.29, 1.82) is 0 Å². The zero-order valence-electron chi connectivity index (χ0n) is 20.7. The van der Waals surface area contributed by atoms with Gasteiger partial charge in [0, 0.05) is 25.1 Å².